The van der Waals surface area contributed by atoms with E-state index >= 15 is 0 Å². The number of rotatable bonds is 2. The van der Waals surface area contributed by atoms with Crippen LogP contribution in [-0.4, -0.2) is 19.5 Å². The third-order valence-corrected chi connectivity index (χ3v) is 6.31. The monoisotopic (exact) mass is 426 g/mol. The second-order valence-corrected chi connectivity index (χ2v) is 8.33. The summed E-state index contributed by atoms with van der Waals surface area (Å²) in [5.41, 5.74) is 7.34. The van der Waals surface area contributed by atoms with Crippen molar-refractivity contribution < 1.29 is 4.42 Å². The second-order valence-electron chi connectivity index (χ2n) is 8.33. The summed E-state index contributed by atoms with van der Waals surface area (Å²) >= 11 is 0. The van der Waals surface area contributed by atoms with Crippen molar-refractivity contribution in [3.05, 3.63) is 97.1 Å². The molecule has 0 radical (unpaired) electrons. The van der Waals surface area contributed by atoms with Crippen molar-refractivity contribution in [3.63, 3.8) is 0 Å². The number of hydrogen-bond acceptors (Lipinski definition) is 4. The van der Waals surface area contributed by atoms with Crippen LogP contribution in [-0.2, 0) is 0 Å². The highest BCUT2D eigenvalue weighted by molar-refractivity contribution is 6.17. The molecule has 0 bridgehead atoms. The summed E-state index contributed by atoms with van der Waals surface area (Å²) < 4.78 is 8.60. The van der Waals surface area contributed by atoms with E-state index in [1.807, 2.05) is 12.1 Å². The molecule has 0 saturated carbocycles. The summed E-state index contributed by atoms with van der Waals surface area (Å²) in [5.74, 6) is 0.651. The van der Waals surface area contributed by atoms with Gasteiger partial charge >= 0.3 is 0 Å². The predicted octanol–water partition coefficient (Wildman–Crippen LogP) is 6.84. The number of hydrogen-bond donors (Lipinski definition) is 0. The first-order valence-corrected chi connectivity index (χ1v) is 10.9. The molecule has 5 nitrogen and oxygen atoms in total. The van der Waals surface area contributed by atoms with E-state index in [4.69, 9.17) is 4.42 Å². The van der Waals surface area contributed by atoms with E-state index in [1.165, 1.54) is 34.5 Å². The molecule has 156 valence electrons. The van der Waals surface area contributed by atoms with Gasteiger partial charge in [-0.05, 0) is 49.4 Å². The lowest BCUT2D eigenvalue weighted by Crippen LogP contribution is -1.93. The number of para-hydroxylation sites is 1. The summed E-state index contributed by atoms with van der Waals surface area (Å²) in [7, 11) is 0. The number of furan rings is 1. The van der Waals surface area contributed by atoms with E-state index in [9.17, 15) is 0 Å². The molecule has 0 aliphatic heterocycles. The van der Waals surface area contributed by atoms with Crippen LogP contribution in [0.4, 0.5) is 0 Å². The van der Waals surface area contributed by atoms with Crippen LogP contribution in [0.5, 0.6) is 0 Å². The molecule has 3 aromatic heterocycles. The third kappa shape index (κ3) is 2.69. The van der Waals surface area contributed by atoms with Crippen LogP contribution in [0.1, 0.15) is 5.56 Å². The molecule has 0 spiro atoms. The van der Waals surface area contributed by atoms with Crippen molar-refractivity contribution >= 4 is 43.7 Å². The molecule has 0 fully saturated rings. The van der Waals surface area contributed by atoms with Gasteiger partial charge in [-0.15, -0.1) is 0 Å². The number of aryl methyl sites for hydroxylation is 1. The van der Waals surface area contributed by atoms with Crippen LogP contribution in [0.2, 0.25) is 0 Å². The van der Waals surface area contributed by atoms with Crippen molar-refractivity contribution in [2.24, 2.45) is 0 Å². The Balaban J connectivity index is 1.56. The fraction of sp³-hybridized carbons (Fsp3) is 0.0357. The van der Waals surface area contributed by atoms with Gasteiger partial charge in [0.15, 0.2) is 5.82 Å². The van der Waals surface area contributed by atoms with Gasteiger partial charge in [-0.3, -0.25) is 0 Å². The Labute approximate surface area is 189 Å². The molecule has 0 atom stereocenters. The van der Waals surface area contributed by atoms with Gasteiger partial charge in [-0.25, -0.2) is 15.0 Å². The number of aromatic nitrogens is 4. The van der Waals surface area contributed by atoms with E-state index in [0.29, 0.717) is 5.82 Å². The van der Waals surface area contributed by atoms with Gasteiger partial charge in [0.2, 0.25) is 0 Å². The zero-order valence-corrected chi connectivity index (χ0v) is 17.9. The Morgan fingerprint density at radius 3 is 2.30 bits per heavy atom. The van der Waals surface area contributed by atoms with Crippen LogP contribution < -0.4 is 0 Å². The molecule has 0 unspecified atom stereocenters. The van der Waals surface area contributed by atoms with Crippen LogP contribution in [0.15, 0.2) is 95.9 Å². The third-order valence-electron chi connectivity index (χ3n) is 6.31. The predicted molar refractivity (Wildman–Crippen MR) is 132 cm³/mol. The van der Waals surface area contributed by atoms with Gasteiger partial charge in [0, 0.05) is 38.9 Å². The SMILES string of the molecule is Cc1ccc(-n2c3ccccc3c3cc4c(cc32)oc2ccc(-c3ncncn3)cc24)cc1. The molecule has 0 aliphatic rings. The van der Waals surface area contributed by atoms with Crippen LogP contribution in [0.3, 0.4) is 0 Å². The minimum Gasteiger partial charge on any atom is -0.456 e. The first kappa shape index (κ1) is 18.1. The van der Waals surface area contributed by atoms with E-state index in [0.717, 1.165) is 38.7 Å². The fourth-order valence-electron chi connectivity index (χ4n) is 4.74. The molecule has 7 aromatic rings. The number of fused-ring (bicyclic) bond motifs is 6. The number of benzene rings is 4. The Bertz CT molecular complexity index is 1810. The average Bonchev–Trinajstić information content (AvgIpc) is 3.38. The molecular formula is C28H18N4O. The summed E-state index contributed by atoms with van der Waals surface area (Å²) in [6.45, 7) is 2.11. The second kappa shape index (κ2) is 6.74. The summed E-state index contributed by atoms with van der Waals surface area (Å²) in [6.07, 6.45) is 3.03. The molecule has 0 aliphatic carbocycles. The first-order chi connectivity index (χ1) is 16.3. The van der Waals surface area contributed by atoms with Crippen molar-refractivity contribution in [1.82, 2.24) is 19.5 Å². The standard InChI is InChI=1S/C28H18N4O/c1-17-6-9-19(10-7-17)32-24-5-3-2-4-20(24)21-13-23-22-12-18(28-30-15-29-16-31-28)8-11-26(22)33-27(23)14-25(21)32/h2-16H,1H3. The van der Waals surface area contributed by atoms with Gasteiger partial charge < -0.3 is 8.98 Å². The average molecular weight is 426 g/mol. The smallest absolute Gasteiger partial charge is 0.162 e. The lowest BCUT2D eigenvalue weighted by atomic mass is 10.1. The lowest BCUT2D eigenvalue weighted by molar-refractivity contribution is 0.669. The Morgan fingerprint density at radius 1 is 0.667 bits per heavy atom. The molecule has 3 heterocycles. The first-order valence-electron chi connectivity index (χ1n) is 10.9. The topological polar surface area (TPSA) is 56.7 Å². The minimum absolute atomic E-state index is 0.651. The zero-order valence-electron chi connectivity index (χ0n) is 17.9. The van der Waals surface area contributed by atoms with Crippen LogP contribution >= 0.6 is 0 Å². The number of nitrogens with zero attached hydrogens (tertiary/aromatic N) is 4. The van der Waals surface area contributed by atoms with E-state index in [1.54, 1.807) is 0 Å². The van der Waals surface area contributed by atoms with Crippen LogP contribution in [0, 0.1) is 6.92 Å². The summed E-state index contributed by atoms with van der Waals surface area (Å²) in [6, 6.07) is 27.7. The minimum atomic E-state index is 0.651. The molecule has 33 heavy (non-hydrogen) atoms. The van der Waals surface area contributed by atoms with Crippen LogP contribution in [0.25, 0.3) is 60.8 Å². The molecular weight excluding hydrogens is 408 g/mol. The van der Waals surface area contributed by atoms with Crippen molar-refractivity contribution in [1.29, 1.82) is 0 Å². The van der Waals surface area contributed by atoms with Gasteiger partial charge in [0.05, 0.1) is 11.0 Å². The maximum absolute atomic E-state index is 6.29. The normalized spacial score (nSPS) is 11.8. The van der Waals surface area contributed by atoms with Crippen molar-refractivity contribution in [2.75, 3.05) is 0 Å². The Hall–Kier alpha value is -4.51. The highest BCUT2D eigenvalue weighted by Crippen LogP contribution is 2.39. The summed E-state index contributed by atoms with van der Waals surface area (Å²) in [5, 5.41) is 4.56. The highest BCUT2D eigenvalue weighted by Gasteiger charge is 2.16. The lowest BCUT2D eigenvalue weighted by Gasteiger charge is -2.08. The molecule has 4 aromatic carbocycles. The van der Waals surface area contributed by atoms with E-state index in [2.05, 4.69) is 93.2 Å². The van der Waals surface area contributed by atoms with Gasteiger partial charge in [0.25, 0.3) is 0 Å². The fourth-order valence-corrected chi connectivity index (χ4v) is 4.74. The largest absolute Gasteiger partial charge is 0.456 e. The molecule has 5 heteroatoms. The molecule has 7 rings (SSSR count). The van der Waals surface area contributed by atoms with Crippen molar-refractivity contribution in [3.8, 4) is 17.1 Å². The van der Waals surface area contributed by atoms with Gasteiger partial charge in [-0.2, -0.15) is 0 Å². The molecule has 0 N–H and O–H groups in total. The van der Waals surface area contributed by atoms with Gasteiger partial charge in [-0.1, -0.05) is 35.9 Å². The Kier molecular flexibility index (Phi) is 3.70. The van der Waals surface area contributed by atoms with Gasteiger partial charge in [0.1, 0.15) is 23.8 Å². The quantitative estimate of drug-likeness (QED) is 0.304. The summed E-state index contributed by atoms with van der Waals surface area (Å²) in [4.78, 5) is 12.5. The molecule has 0 saturated heterocycles. The molecule has 0 amide bonds. The maximum atomic E-state index is 6.29. The highest BCUT2D eigenvalue weighted by atomic mass is 16.3. The van der Waals surface area contributed by atoms with Crippen molar-refractivity contribution in [2.45, 2.75) is 6.92 Å². The zero-order chi connectivity index (χ0) is 21.9. The van der Waals surface area contributed by atoms with E-state index in [-0.39, 0.29) is 0 Å². The Morgan fingerprint density at radius 2 is 1.45 bits per heavy atom. The van der Waals surface area contributed by atoms with E-state index < -0.39 is 0 Å². The maximum Gasteiger partial charge on any atom is 0.162 e.